The van der Waals surface area contributed by atoms with Crippen molar-refractivity contribution in [2.45, 2.75) is 0 Å². The number of carbonyl (C=O) groups excluding carboxylic acids is 1. The predicted molar refractivity (Wildman–Crippen MR) is 105 cm³/mol. The number of ether oxygens (including phenoxy) is 1. The molecule has 1 heterocycles. The number of carbonyl (C=O) groups is 1. The SMILES string of the molecule is COc1ccc(Cl)cc1NC(=O)c1ccc2noc(-c3ccccc3)c2c1. The molecule has 0 unspecified atom stereocenters. The summed E-state index contributed by atoms with van der Waals surface area (Å²) in [4.78, 5) is 12.7. The van der Waals surface area contributed by atoms with Gasteiger partial charge in [0.25, 0.3) is 5.91 Å². The van der Waals surface area contributed by atoms with Crippen LogP contribution in [-0.4, -0.2) is 18.2 Å². The summed E-state index contributed by atoms with van der Waals surface area (Å²) in [7, 11) is 1.54. The first-order valence-corrected chi connectivity index (χ1v) is 8.63. The van der Waals surface area contributed by atoms with E-state index in [1.165, 1.54) is 7.11 Å². The Balaban J connectivity index is 1.70. The van der Waals surface area contributed by atoms with Crippen LogP contribution in [0.15, 0.2) is 71.3 Å². The average Bonchev–Trinajstić information content (AvgIpc) is 3.12. The first kappa shape index (κ1) is 17.1. The van der Waals surface area contributed by atoms with E-state index in [1.807, 2.05) is 30.3 Å². The molecule has 0 fully saturated rings. The molecule has 1 amide bonds. The lowest BCUT2D eigenvalue weighted by Gasteiger charge is -2.10. The second-order valence-corrected chi connectivity index (χ2v) is 6.34. The van der Waals surface area contributed by atoms with Crippen LogP contribution in [0.25, 0.3) is 22.2 Å². The van der Waals surface area contributed by atoms with Crippen LogP contribution in [0.5, 0.6) is 5.75 Å². The van der Waals surface area contributed by atoms with Crippen molar-refractivity contribution in [3.63, 3.8) is 0 Å². The summed E-state index contributed by atoms with van der Waals surface area (Å²) >= 11 is 6.03. The number of hydrogen-bond acceptors (Lipinski definition) is 4. The van der Waals surface area contributed by atoms with Crippen molar-refractivity contribution in [1.29, 1.82) is 0 Å². The molecule has 4 rings (SSSR count). The zero-order valence-corrected chi connectivity index (χ0v) is 15.2. The smallest absolute Gasteiger partial charge is 0.255 e. The van der Waals surface area contributed by atoms with E-state index in [2.05, 4.69) is 10.5 Å². The quantitative estimate of drug-likeness (QED) is 0.515. The number of methoxy groups -OCH3 is 1. The molecule has 134 valence electrons. The maximum absolute atomic E-state index is 12.7. The summed E-state index contributed by atoms with van der Waals surface area (Å²) in [6.45, 7) is 0. The topological polar surface area (TPSA) is 64.4 Å². The molecule has 0 atom stereocenters. The lowest BCUT2D eigenvalue weighted by Crippen LogP contribution is -2.12. The Labute approximate surface area is 160 Å². The molecular formula is C21H15ClN2O3. The van der Waals surface area contributed by atoms with Gasteiger partial charge in [-0.3, -0.25) is 4.79 Å². The Morgan fingerprint density at radius 3 is 2.67 bits per heavy atom. The van der Waals surface area contributed by atoms with Crippen LogP contribution in [0.3, 0.4) is 0 Å². The van der Waals surface area contributed by atoms with E-state index in [4.69, 9.17) is 20.9 Å². The highest BCUT2D eigenvalue weighted by molar-refractivity contribution is 6.31. The Hall–Kier alpha value is -3.31. The molecule has 4 aromatic rings. The minimum absolute atomic E-state index is 0.280. The summed E-state index contributed by atoms with van der Waals surface area (Å²) in [5.41, 5.74) is 2.56. The predicted octanol–water partition coefficient (Wildman–Crippen LogP) is 5.41. The van der Waals surface area contributed by atoms with E-state index >= 15 is 0 Å². The molecule has 0 bridgehead atoms. The second-order valence-electron chi connectivity index (χ2n) is 5.91. The molecule has 0 aliphatic carbocycles. The average molecular weight is 379 g/mol. The highest BCUT2D eigenvalue weighted by Crippen LogP contribution is 2.31. The van der Waals surface area contributed by atoms with E-state index in [0.717, 1.165) is 10.9 Å². The Morgan fingerprint density at radius 2 is 1.89 bits per heavy atom. The molecule has 6 heteroatoms. The van der Waals surface area contributed by atoms with Crippen LogP contribution in [-0.2, 0) is 0 Å². The van der Waals surface area contributed by atoms with Gasteiger partial charge in [-0.25, -0.2) is 0 Å². The molecule has 0 saturated heterocycles. The lowest BCUT2D eigenvalue weighted by atomic mass is 10.1. The van der Waals surface area contributed by atoms with Crippen LogP contribution in [0.2, 0.25) is 5.02 Å². The van der Waals surface area contributed by atoms with E-state index in [0.29, 0.717) is 33.3 Å². The van der Waals surface area contributed by atoms with Gasteiger partial charge in [0.15, 0.2) is 5.76 Å². The number of hydrogen-bond donors (Lipinski definition) is 1. The van der Waals surface area contributed by atoms with E-state index in [1.54, 1.807) is 36.4 Å². The lowest BCUT2D eigenvalue weighted by molar-refractivity contribution is 0.102. The number of amides is 1. The molecule has 5 nitrogen and oxygen atoms in total. The molecule has 0 radical (unpaired) electrons. The third-order valence-corrected chi connectivity index (χ3v) is 4.42. The number of nitrogens with zero attached hydrogens (tertiary/aromatic N) is 1. The monoisotopic (exact) mass is 378 g/mol. The standard InChI is InChI=1S/C21H15ClN2O3/c1-26-19-10-8-15(22)12-18(19)23-21(25)14-7-9-17-16(11-14)20(27-24-17)13-5-3-2-4-6-13/h2-12H,1H3,(H,23,25). The minimum Gasteiger partial charge on any atom is -0.495 e. The molecule has 1 aromatic heterocycles. The molecule has 27 heavy (non-hydrogen) atoms. The number of nitrogens with one attached hydrogen (secondary N) is 1. The molecule has 0 aliphatic heterocycles. The first-order valence-electron chi connectivity index (χ1n) is 8.25. The molecule has 0 aliphatic rings. The molecular weight excluding hydrogens is 364 g/mol. The van der Waals surface area contributed by atoms with Crippen LogP contribution in [0.1, 0.15) is 10.4 Å². The Bertz CT molecular complexity index is 1120. The number of benzene rings is 3. The van der Waals surface area contributed by atoms with Crippen molar-refractivity contribution in [3.8, 4) is 17.1 Å². The van der Waals surface area contributed by atoms with Gasteiger partial charge in [-0.15, -0.1) is 0 Å². The summed E-state index contributed by atoms with van der Waals surface area (Å²) in [5.74, 6) is 0.877. The van der Waals surface area contributed by atoms with E-state index < -0.39 is 0 Å². The van der Waals surface area contributed by atoms with Crippen LogP contribution in [0.4, 0.5) is 5.69 Å². The summed E-state index contributed by atoms with van der Waals surface area (Å²) in [6.07, 6.45) is 0. The zero-order chi connectivity index (χ0) is 18.8. The largest absolute Gasteiger partial charge is 0.495 e. The fraction of sp³-hybridized carbons (Fsp3) is 0.0476. The van der Waals surface area contributed by atoms with Gasteiger partial charge >= 0.3 is 0 Å². The van der Waals surface area contributed by atoms with Gasteiger partial charge in [0.2, 0.25) is 0 Å². The van der Waals surface area contributed by atoms with E-state index in [9.17, 15) is 4.79 Å². The normalized spacial score (nSPS) is 10.7. The van der Waals surface area contributed by atoms with Gasteiger partial charge < -0.3 is 14.6 Å². The van der Waals surface area contributed by atoms with Crippen molar-refractivity contribution >= 4 is 34.1 Å². The molecule has 0 spiro atoms. The van der Waals surface area contributed by atoms with Gasteiger partial charge in [0.1, 0.15) is 11.3 Å². The van der Waals surface area contributed by atoms with Crippen LogP contribution < -0.4 is 10.1 Å². The van der Waals surface area contributed by atoms with Crippen molar-refractivity contribution in [2.75, 3.05) is 12.4 Å². The van der Waals surface area contributed by atoms with E-state index in [-0.39, 0.29) is 5.91 Å². The molecule has 0 saturated carbocycles. The van der Waals surface area contributed by atoms with Crippen LogP contribution >= 0.6 is 11.6 Å². The number of fused-ring (bicyclic) bond motifs is 1. The van der Waals surface area contributed by atoms with Crippen LogP contribution in [0, 0.1) is 0 Å². The first-order chi connectivity index (χ1) is 13.2. The molecule has 3 aromatic carbocycles. The van der Waals surface area contributed by atoms with Crippen molar-refractivity contribution in [3.05, 3.63) is 77.3 Å². The highest BCUT2D eigenvalue weighted by atomic mass is 35.5. The highest BCUT2D eigenvalue weighted by Gasteiger charge is 2.15. The third kappa shape index (κ3) is 3.37. The number of aromatic nitrogens is 1. The number of halogens is 1. The minimum atomic E-state index is -0.280. The fourth-order valence-electron chi connectivity index (χ4n) is 2.85. The van der Waals surface area contributed by atoms with Gasteiger partial charge in [0, 0.05) is 16.1 Å². The Kier molecular flexibility index (Phi) is 4.52. The van der Waals surface area contributed by atoms with Crippen molar-refractivity contribution in [1.82, 2.24) is 5.16 Å². The molecule has 1 N–H and O–H groups in total. The van der Waals surface area contributed by atoms with Gasteiger partial charge in [-0.2, -0.15) is 0 Å². The van der Waals surface area contributed by atoms with Gasteiger partial charge in [0.05, 0.1) is 18.2 Å². The second kappa shape index (κ2) is 7.13. The Morgan fingerprint density at radius 1 is 1.07 bits per heavy atom. The van der Waals surface area contributed by atoms with Crippen molar-refractivity contribution in [2.24, 2.45) is 0 Å². The van der Waals surface area contributed by atoms with Crippen molar-refractivity contribution < 1.29 is 14.1 Å². The maximum atomic E-state index is 12.7. The summed E-state index contributed by atoms with van der Waals surface area (Å²) in [5, 5.41) is 8.19. The zero-order valence-electron chi connectivity index (χ0n) is 14.4. The summed E-state index contributed by atoms with van der Waals surface area (Å²) < 4.78 is 10.8. The maximum Gasteiger partial charge on any atom is 0.255 e. The van der Waals surface area contributed by atoms with Gasteiger partial charge in [-0.05, 0) is 36.4 Å². The summed E-state index contributed by atoms with van der Waals surface area (Å²) in [6, 6.07) is 19.9. The number of anilines is 1. The van der Waals surface area contributed by atoms with Gasteiger partial charge in [-0.1, -0.05) is 47.1 Å². The fourth-order valence-corrected chi connectivity index (χ4v) is 3.02. The third-order valence-electron chi connectivity index (χ3n) is 4.18. The number of rotatable bonds is 4.